The quantitative estimate of drug-likeness (QED) is 0.843. The molecule has 3 rings (SSSR count). The van der Waals surface area contributed by atoms with Crippen molar-refractivity contribution in [3.05, 3.63) is 23.2 Å². The van der Waals surface area contributed by atoms with Crippen molar-refractivity contribution in [1.82, 2.24) is 0 Å². The number of fused-ring (bicyclic) bond motifs is 2. The van der Waals surface area contributed by atoms with Crippen molar-refractivity contribution in [2.45, 2.75) is 66.1 Å². The van der Waals surface area contributed by atoms with Gasteiger partial charge in [0.25, 0.3) is 0 Å². The summed E-state index contributed by atoms with van der Waals surface area (Å²) in [5.74, 6) is 0.507. The molecule has 5 heteroatoms. The van der Waals surface area contributed by atoms with Crippen molar-refractivity contribution in [3.63, 3.8) is 0 Å². The first-order valence-corrected chi connectivity index (χ1v) is 9.21. The molecule has 1 aromatic rings. The monoisotopic (exact) mass is 348 g/mol. The predicted molar refractivity (Wildman–Crippen MR) is 92.0 cm³/mol. The molecular weight excluding hydrogens is 320 g/mol. The van der Waals surface area contributed by atoms with E-state index in [9.17, 15) is 14.7 Å². The molecule has 0 bridgehead atoms. The fraction of sp³-hybridized carbons (Fsp3) is 0.700. The molecule has 1 aromatic heterocycles. The molecule has 4 atom stereocenters. The van der Waals surface area contributed by atoms with Crippen molar-refractivity contribution < 1.29 is 23.8 Å². The fourth-order valence-electron chi connectivity index (χ4n) is 4.57. The molecule has 5 nitrogen and oxygen atoms in total. The van der Waals surface area contributed by atoms with Crippen molar-refractivity contribution in [3.8, 4) is 0 Å². The van der Waals surface area contributed by atoms with Gasteiger partial charge < -0.3 is 14.3 Å². The number of furan rings is 1. The SMILES string of the molecule is CC(C)CC(=O)O[C@@H]1CC[C@H]2C(=O)c3occ(CO)c3C[C@]2(C)[C@H]1C. The minimum Gasteiger partial charge on any atom is -0.462 e. The summed E-state index contributed by atoms with van der Waals surface area (Å²) in [4.78, 5) is 25.0. The molecule has 1 fully saturated rings. The summed E-state index contributed by atoms with van der Waals surface area (Å²) < 4.78 is 11.2. The van der Waals surface area contributed by atoms with Crippen LogP contribution in [0.4, 0.5) is 0 Å². The van der Waals surface area contributed by atoms with Crippen LogP contribution in [0.2, 0.25) is 0 Å². The minimum atomic E-state index is -0.293. The van der Waals surface area contributed by atoms with Crippen LogP contribution in [0.5, 0.6) is 0 Å². The summed E-state index contributed by atoms with van der Waals surface area (Å²) in [5.41, 5.74) is 1.22. The first kappa shape index (κ1) is 18.2. The van der Waals surface area contributed by atoms with E-state index in [2.05, 4.69) is 13.8 Å². The largest absolute Gasteiger partial charge is 0.462 e. The highest BCUT2D eigenvalue weighted by Crippen LogP contribution is 2.53. The summed E-state index contributed by atoms with van der Waals surface area (Å²) in [7, 11) is 0. The molecule has 0 aliphatic heterocycles. The van der Waals surface area contributed by atoms with E-state index < -0.39 is 0 Å². The maximum atomic E-state index is 12.9. The van der Waals surface area contributed by atoms with Crippen molar-refractivity contribution in [1.29, 1.82) is 0 Å². The third-order valence-corrected chi connectivity index (χ3v) is 6.24. The highest BCUT2D eigenvalue weighted by Gasteiger charge is 2.54. The number of rotatable bonds is 4. The van der Waals surface area contributed by atoms with Crippen LogP contribution in [0.1, 0.15) is 68.6 Å². The maximum absolute atomic E-state index is 12.9. The third kappa shape index (κ3) is 3.03. The molecule has 1 N–H and O–H groups in total. The lowest BCUT2D eigenvalue weighted by Crippen LogP contribution is -2.52. The van der Waals surface area contributed by atoms with Gasteiger partial charge in [0.05, 0.1) is 12.9 Å². The lowest BCUT2D eigenvalue weighted by Gasteiger charge is -2.50. The Morgan fingerprint density at radius 3 is 2.80 bits per heavy atom. The first-order chi connectivity index (χ1) is 11.8. The fourth-order valence-corrected chi connectivity index (χ4v) is 4.57. The van der Waals surface area contributed by atoms with Crippen molar-refractivity contribution in [2.75, 3.05) is 0 Å². The summed E-state index contributed by atoms with van der Waals surface area (Å²) >= 11 is 0. The van der Waals surface area contributed by atoms with E-state index in [1.807, 2.05) is 13.8 Å². The van der Waals surface area contributed by atoms with E-state index in [1.54, 1.807) is 0 Å². The molecule has 0 unspecified atom stereocenters. The molecule has 0 spiro atoms. The van der Waals surface area contributed by atoms with E-state index in [4.69, 9.17) is 9.15 Å². The Bertz CT molecular complexity index is 674. The average molecular weight is 348 g/mol. The number of ketones is 1. The van der Waals surface area contributed by atoms with Crippen LogP contribution < -0.4 is 0 Å². The molecule has 0 amide bonds. The van der Waals surface area contributed by atoms with Crippen LogP contribution in [0.3, 0.4) is 0 Å². The number of aliphatic hydroxyl groups excluding tert-OH is 1. The van der Waals surface area contributed by atoms with E-state index in [1.165, 1.54) is 6.26 Å². The molecule has 2 aliphatic carbocycles. The normalized spacial score (nSPS) is 31.6. The van der Waals surface area contributed by atoms with Gasteiger partial charge in [-0.2, -0.15) is 0 Å². The van der Waals surface area contributed by atoms with E-state index in [0.29, 0.717) is 37.0 Å². The molecule has 0 aromatic carbocycles. The Balaban J connectivity index is 1.85. The summed E-state index contributed by atoms with van der Waals surface area (Å²) in [6.45, 7) is 8.06. The number of aliphatic hydroxyl groups is 1. The number of hydrogen-bond acceptors (Lipinski definition) is 5. The lowest BCUT2D eigenvalue weighted by atomic mass is 9.54. The van der Waals surface area contributed by atoms with Gasteiger partial charge in [0.2, 0.25) is 5.78 Å². The number of hydrogen-bond donors (Lipinski definition) is 1. The Kier molecular flexibility index (Phi) is 4.80. The maximum Gasteiger partial charge on any atom is 0.306 e. The van der Waals surface area contributed by atoms with Crippen LogP contribution in [0.15, 0.2) is 10.7 Å². The van der Waals surface area contributed by atoms with Crippen LogP contribution in [0.25, 0.3) is 0 Å². The van der Waals surface area contributed by atoms with Gasteiger partial charge in [0.15, 0.2) is 5.76 Å². The van der Waals surface area contributed by atoms with Gasteiger partial charge in [-0.3, -0.25) is 9.59 Å². The Morgan fingerprint density at radius 1 is 1.44 bits per heavy atom. The number of carbonyl (C=O) groups excluding carboxylic acids is 2. The van der Waals surface area contributed by atoms with Gasteiger partial charge in [0, 0.05) is 23.5 Å². The first-order valence-electron chi connectivity index (χ1n) is 9.21. The van der Waals surface area contributed by atoms with E-state index >= 15 is 0 Å². The predicted octanol–water partition coefficient (Wildman–Crippen LogP) is 3.52. The number of Topliss-reactive ketones (excluding diaryl/α,β-unsaturated/α-hetero) is 1. The third-order valence-electron chi connectivity index (χ3n) is 6.24. The molecule has 2 aliphatic rings. The average Bonchev–Trinajstić information content (AvgIpc) is 2.93. The van der Waals surface area contributed by atoms with Crippen molar-refractivity contribution >= 4 is 11.8 Å². The zero-order chi connectivity index (χ0) is 18.4. The topological polar surface area (TPSA) is 76.7 Å². The second-order valence-corrected chi connectivity index (χ2v) is 8.32. The smallest absolute Gasteiger partial charge is 0.306 e. The van der Waals surface area contributed by atoms with Gasteiger partial charge in [0.1, 0.15) is 6.10 Å². The Labute approximate surface area is 148 Å². The highest BCUT2D eigenvalue weighted by atomic mass is 16.5. The van der Waals surface area contributed by atoms with Gasteiger partial charge in [-0.15, -0.1) is 0 Å². The Morgan fingerprint density at radius 2 is 2.16 bits per heavy atom. The van der Waals surface area contributed by atoms with Crippen LogP contribution >= 0.6 is 0 Å². The number of ether oxygens (including phenoxy) is 1. The zero-order valence-corrected chi connectivity index (χ0v) is 15.5. The molecular formula is C20H28O5. The number of esters is 1. The van der Waals surface area contributed by atoms with Gasteiger partial charge >= 0.3 is 5.97 Å². The molecule has 0 saturated heterocycles. The molecule has 138 valence electrons. The molecule has 1 saturated carbocycles. The van der Waals surface area contributed by atoms with Crippen LogP contribution in [-0.4, -0.2) is 23.0 Å². The molecule has 25 heavy (non-hydrogen) atoms. The minimum absolute atomic E-state index is 0.0299. The van der Waals surface area contributed by atoms with E-state index in [0.717, 1.165) is 5.56 Å². The summed E-state index contributed by atoms with van der Waals surface area (Å²) in [5, 5.41) is 9.53. The lowest BCUT2D eigenvalue weighted by molar-refractivity contribution is -0.160. The van der Waals surface area contributed by atoms with E-state index in [-0.39, 0.29) is 47.6 Å². The summed E-state index contributed by atoms with van der Waals surface area (Å²) in [6.07, 6.45) is 3.83. The van der Waals surface area contributed by atoms with Gasteiger partial charge in [-0.1, -0.05) is 27.7 Å². The standard InChI is InChI=1S/C20H28O5/c1-11(2)7-17(22)25-16-6-5-15-18(23)19-14(13(9-21)10-24-19)8-20(15,4)12(16)3/h10-12,15-16,21H,5-9H2,1-4H3/t12-,15-,16+,20+/m0/s1. The number of carbonyl (C=O) groups is 2. The highest BCUT2D eigenvalue weighted by molar-refractivity contribution is 5.99. The van der Waals surface area contributed by atoms with Crippen molar-refractivity contribution in [2.24, 2.45) is 23.2 Å². The van der Waals surface area contributed by atoms with Crippen LogP contribution in [0, 0.1) is 23.2 Å². The van der Waals surface area contributed by atoms with Crippen LogP contribution in [-0.2, 0) is 22.6 Å². The molecule has 1 heterocycles. The zero-order valence-electron chi connectivity index (χ0n) is 15.5. The second-order valence-electron chi connectivity index (χ2n) is 8.32. The second kappa shape index (κ2) is 6.60. The molecule has 0 radical (unpaired) electrons. The van der Waals surface area contributed by atoms with Gasteiger partial charge in [-0.05, 0) is 36.5 Å². The van der Waals surface area contributed by atoms with Gasteiger partial charge in [-0.25, -0.2) is 0 Å². The Hall–Kier alpha value is -1.62. The summed E-state index contributed by atoms with van der Waals surface area (Å²) in [6, 6.07) is 0.